The number of rotatable bonds is 3. The van der Waals surface area contributed by atoms with Crippen LogP contribution in [-0.4, -0.2) is 18.4 Å². The van der Waals surface area contributed by atoms with Gasteiger partial charge in [0, 0.05) is 22.7 Å². The van der Waals surface area contributed by atoms with Gasteiger partial charge in [-0.2, -0.15) is 0 Å². The number of anilines is 2. The predicted molar refractivity (Wildman–Crippen MR) is 85.3 cm³/mol. The summed E-state index contributed by atoms with van der Waals surface area (Å²) in [7, 11) is 0. The van der Waals surface area contributed by atoms with Crippen LogP contribution in [-0.2, 0) is 9.59 Å². The van der Waals surface area contributed by atoms with E-state index in [9.17, 15) is 9.59 Å². The molecule has 3 rings (SSSR count). The monoisotopic (exact) mass is 315 g/mol. The van der Waals surface area contributed by atoms with Gasteiger partial charge in [0.2, 0.25) is 5.91 Å². The van der Waals surface area contributed by atoms with Crippen LogP contribution in [0.4, 0.5) is 11.4 Å². The molecule has 6 nitrogen and oxygen atoms in total. The fraction of sp³-hybridized carbons (Fsp3) is 0.0667. The summed E-state index contributed by atoms with van der Waals surface area (Å²) >= 11 is 1.47. The van der Waals surface area contributed by atoms with Crippen molar-refractivity contribution in [2.24, 2.45) is 5.73 Å². The average molecular weight is 315 g/mol. The SMILES string of the molecule is NC(=O)CN1C(=O)/C(=C\c2cccs2)Oc2cc(N)ccc21. The van der Waals surface area contributed by atoms with Crippen LogP contribution >= 0.6 is 11.3 Å². The van der Waals surface area contributed by atoms with Gasteiger partial charge in [-0.1, -0.05) is 6.07 Å². The summed E-state index contributed by atoms with van der Waals surface area (Å²) in [4.78, 5) is 26.0. The third kappa shape index (κ3) is 2.66. The number of benzene rings is 1. The Bertz CT molecular complexity index is 768. The molecule has 2 amide bonds. The number of thiophene rings is 1. The maximum absolute atomic E-state index is 12.5. The first-order valence-corrected chi connectivity index (χ1v) is 7.35. The van der Waals surface area contributed by atoms with Crippen LogP contribution in [0.3, 0.4) is 0 Å². The van der Waals surface area contributed by atoms with E-state index in [1.165, 1.54) is 16.2 Å². The lowest BCUT2D eigenvalue weighted by molar-refractivity contribution is -0.121. The van der Waals surface area contributed by atoms with Crippen molar-refractivity contribution < 1.29 is 14.3 Å². The van der Waals surface area contributed by atoms with E-state index in [1.807, 2.05) is 17.5 Å². The molecule has 7 heteroatoms. The normalized spacial score (nSPS) is 15.5. The van der Waals surface area contributed by atoms with E-state index in [-0.39, 0.29) is 12.3 Å². The fourth-order valence-electron chi connectivity index (χ4n) is 2.15. The van der Waals surface area contributed by atoms with Gasteiger partial charge in [0.05, 0.1) is 5.69 Å². The molecule has 1 aliphatic rings. The summed E-state index contributed by atoms with van der Waals surface area (Å²) in [5.41, 5.74) is 12.0. The summed E-state index contributed by atoms with van der Waals surface area (Å²) in [6.07, 6.45) is 1.63. The number of carbonyl (C=O) groups excluding carboxylic acids is 2. The number of fused-ring (bicyclic) bond motifs is 1. The first-order valence-electron chi connectivity index (χ1n) is 6.47. The highest BCUT2D eigenvalue weighted by atomic mass is 32.1. The standard InChI is InChI=1S/C15H13N3O3S/c16-9-3-4-11-12(6-9)21-13(7-10-2-1-5-22-10)15(20)18(11)8-14(17)19/h1-7H,8,16H2,(H2,17,19)/b13-7+. The fourth-order valence-corrected chi connectivity index (χ4v) is 2.79. The molecular weight excluding hydrogens is 302 g/mol. The molecule has 0 aliphatic carbocycles. The maximum Gasteiger partial charge on any atom is 0.294 e. The van der Waals surface area contributed by atoms with E-state index in [0.29, 0.717) is 17.1 Å². The van der Waals surface area contributed by atoms with Crippen molar-refractivity contribution in [3.05, 3.63) is 46.3 Å². The smallest absolute Gasteiger partial charge is 0.294 e. The number of ether oxygens (including phenoxy) is 1. The van der Waals surface area contributed by atoms with Crippen LogP contribution in [0.15, 0.2) is 41.5 Å². The zero-order valence-electron chi connectivity index (χ0n) is 11.5. The van der Waals surface area contributed by atoms with E-state index in [2.05, 4.69) is 0 Å². The number of nitrogens with two attached hydrogens (primary N) is 2. The minimum atomic E-state index is -0.603. The molecule has 22 heavy (non-hydrogen) atoms. The maximum atomic E-state index is 12.5. The molecule has 2 aromatic rings. The lowest BCUT2D eigenvalue weighted by Crippen LogP contribution is -2.42. The van der Waals surface area contributed by atoms with Crippen LogP contribution in [0.2, 0.25) is 0 Å². The Labute approximate surface area is 130 Å². The van der Waals surface area contributed by atoms with Crippen LogP contribution < -0.4 is 21.1 Å². The Morgan fingerprint density at radius 3 is 2.86 bits per heavy atom. The molecule has 1 aliphatic heterocycles. The first-order chi connectivity index (χ1) is 10.5. The van der Waals surface area contributed by atoms with Crippen molar-refractivity contribution >= 4 is 40.6 Å². The number of hydrogen-bond acceptors (Lipinski definition) is 5. The first kappa shape index (κ1) is 14.2. The summed E-state index contributed by atoms with van der Waals surface area (Å²) in [6, 6.07) is 8.61. The highest BCUT2D eigenvalue weighted by molar-refractivity contribution is 7.10. The van der Waals surface area contributed by atoms with Gasteiger partial charge < -0.3 is 16.2 Å². The Morgan fingerprint density at radius 1 is 1.36 bits per heavy atom. The van der Waals surface area contributed by atoms with Crippen LogP contribution in [0, 0.1) is 0 Å². The largest absolute Gasteiger partial charge is 0.449 e. The van der Waals surface area contributed by atoms with Gasteiger partial charge in [0.25, 0.3) is 5.91 Å². The lowest BCUT2D eigenvalue weighted by atomic mass is 10.2. The van der Waals surface area contributed by atoms with Gasteiger partial charge in [-0.3, -0.25) is 14.5 Å². The van der Waals surface area contributed by atoms with Gasteiger partial charge in [0.15, 0.2) is 11.5 Å². The van der Waals surface area contributed by atoms with E-state index < -0.39 is 11.8 Å². The summed E-state index contributed by atoms with van der Waals surface area (Å²) in [5.74, 6) is -0.469. The summed E-state index contributed by atoms with van der Waals surface area (Å²) in [6.45, 7) is -0.221. The third-order valence-electron chi connectivity index (χ3n) is 3.08. The Balaban J connectivity index is 2.06. The highest BCUT2D eigenvalue weighted by Gasteiger charge is 2.31. The van der Waals surface area contributed by atoms with Crippen LogP contribution in [0.5, 0.6) is 5.75 Å². The number of carbonyl (C=O) groups is 2. The third-order valence-corrected chi connectivity index (χ3v) is 3.90. The topological polar surface area (TPSA) is 98.7 Å². The Kier molecular flexibility index (Phi) is 3.56. The van der Waals surface area contributed by atoms with Gasteiger partial charge >= 0.3 is 0 Å². The Hall–Kier alpha value is -2.80. The zero-order chi connectivity index (χ0) is 15.7. The molecule has 1 aromatic carbocycles. The van der Waals surface area contributed by atoms with Gasteiger partial charge in [-0.15, -0.1) is 11.3 Å². The molecule has 1 aromatic heterocycles. The molecule has 0 unspecified atom stereocenters. The van der Waals surface area contributed by atoms with Crippen molar-refractivity contribution in [3.63, 3.8) is 0 Å². The second-order valence-electron chi connectivity index (χ2n) is 4.71. The van der Waals surface area contributed by atoms with Crippen LogP contribution in [0.25, 0.3) is 6.08 Å². The number of amides is 2. The van der Waals surface area contributed by atoms with Gasteiger partial charge in [-0.25, -0.2) is 0 Å². The summed E-state index contributed by atoms with van der Waals surface area (Å²) in [5, 5.41) is 1.90. The van der Waals surface area contributed by atoms with Crippen molar-refractivity contribution in [1.29, 1.82) is 0 Å². The summed E-state index contributed by atoms with van der Waals surface area (Å²) < 4.78 is 5.65. The molecule has 4 N–H and O–H groups in total. The molecule has 0 saturated carbocycles. The van der Waals surface area contributed by atoms with E-state index in [0.717, 1.165) is 4.88 Å². The van der Waals surface area contributed by atoms with Crippen LogP contribution in [0.1, 0.15) is 4.88 Å². The number of nitrogens with zero attached hydrogens (tertiary/aromatic N) is 1. The molecule has 2 heterocycles. The van der Waals surface area contributed by atoms with Gasteiger partial charge in [0.1, 0.15) is 6.54 Å². The Morgan fingerprint density at radius 2 is 2.18 bits per heavy atom. The highest BCUT2D eigenvalue weighted by Crippen LogP contribution is 2.37. The molecule has 112 valence electrons. The minimum Gasteiger partial charge on any atom is -0.449 e. The van der Waals surface area contributed by atoms with E-state index >= 15 is 0 Å². The lowest BCUT2D eigenvalue weighted by Gasteiger charge is -2.29. The van der Waals surface area contributed by atoms with Crippen molar-refractivity contribution in [3.8, 4) is 5.75 Å². The van der Waals surface area contributed by atoms with E-state index in [1.54, 1.807) is 24.3 Å². The second-order valence-corrected chi connectivity index (χ2v) is 5.69. The molecule has 0 saturated heterocycles. The predicted octanol–water partition coefficient (Wildman–Crippen LogP) is 1.58. The molecule has 0 fully saturated rings. The van der Waals surface area contributed by atoms with Gasteiger partial charge in [-0.05, 0) is 23.6 Å². The number of hydrogen-bond donors (Lipinski definition) is 2. The molecule has 0 bridgehead atoms. The van der Waals surface area contributed by atoms with Crippen molar-refractivity contribution in [2.75, 3.05) is 17.2 Å². The van der Waals surface area contributed by atoms with Crippen molar-refractivity contribution in [1.82, 2.24) is 0 Å². The quantitative estimate of drug-likeness (QED) is 0.663. The zero-order valence-corrected chi connectivity index (χ0v) is 12.3. The molecule has 0 atom stereocenters. The van der Waals surface area contributed by atoms with E-state index in [4.69, 9.17) is 16.2 Å². The minimum absolute atomic E-state index is 0.127. The molecule has 0 radical (unpaired) electrons. The average Bonchev–Trinajstić information content (AvgIpc) is 2.96. The van der Waals surface area contributed by atoms with Crippen molar-refractivity contribution in [2.45, 2.75) is 0 Å². The number of primary amides is 1. The number of nitrogen functional groups attached to an aromatic ring is 1. The second kappa shape index (κ2) is 5.53. The molecule has 0 spiro atoms. The molecular formula is C15H13N3O3S.